The minimum atomic E-state index is -0.172. The minimum Gasteiger partial charge on any atom is -0.491 e. The van der Waals surface area contributed by atoms with Crippen LogP contribution < -0.4 is 15.4 Å². The number of carbonyl (C=O) groups excluding carboxylic acids is 1. The van der Waals surface area contributed by atoms with Crippen molar-refractivity contribution in [2.24, 2.45) is 0 Å². The van der Waals surface area contributed by atoms with Gasteiger partial charge in [-0.2, -0.15) is 0 Å². The van der Waals surface area contributed by atoms with Crippen molar-refractivity contribution in [1.82, 2.24) is 15.6 Å². The van der Waals surface area contributed by atoms with Crippen LogP contribution in [0.4, 0.5) is 4.79 Å². The number of H-pyrrole nitrogens is 1. The second-order valence-electron chi connectivity index (χ2n) is 6.41. The van der Waals surface area contributed by atoms with Crippen molar-refractivity contribution < 1.29 is 9.53 Å². The Bertz CT molecular complexity index is 886. The highest BCUT2D eigenvalue weighted by Crippen LogP contribution is 2.19. The largest absolute Gasteiger partial charge is 0.491 e. The molecule has 5 heteroatoms. The van der Waals surface area contributed by atoms with E-state index >= 15 is 0 Å². The molecule has 1 heterocycles. The predicted octanol–water partition coefficient (Wildman–Crippen LogP) is 3.71. The Hall–Kier alpha value is -2.95. The highest BCUT2D eigenvalue weighted by Gasteiger charge is 2.05. The summed E-state index contributed by atoms with van der Waals surface area (Å²) in [5.74, 6) is 0.867. The van der Waals surface area contributed by atoms with Gasteiger partial charge >= 0.3 is 6.03 Å². The molecule has 0 atom stereocenters. The number of urea groups is 1. The lowest BCUT2D eigenvalue weighted by Crippen LogP contribution is -2.38. The summed E-state index contributed by atoms with van der Waals surface area (Å²) in [5, 5.41) is 6.91. The number of carbonyl (C=O) groups is 1. The molecule has 2 amide bonds. The molecule has 0 fully saturated rings. The maximum Gasteiger partial charge on any atom is 0.314 e. The molecule has 3 N–H and O–H groups in total. The van der Waals surface area contributed by atoms with Crippen LogP contribution in [0, 0.1) is 13.8 Å². The van der Waals surface area contributed by atoms with E-state index in [9.17, 15) is 4.79 Å². The number of ether oxygens (including phenoxy) is 1. The molecule has 0 aliphatic heterocycles. The summed E-state index contributed by atoms with van der Waals surface area (Å²) in [5.41, 5.74) is 4.59. The van der Waals surface area contributed by atoms with Crippen LogP contribution in [0.5, 0.6) is 5.75 Å². The molecule has 0 saturated carbocycles. The minimum absolute atomic E-state index is 0.172. The molecule has 3 aromatic rings. The van der Waals surface area contributed by atoms with Gasteiger partial charge in [-0.1, -0.05) is 30.3 Å². The lowest BCUT2D eigenvalue weighted by atomic mass is 10.1. The summed E-state index contributed by atoms with van der Waals surface area (Å²) in [6.45, 7) is 5.54. The van der Waals surface area contributed by atoms with Crippen LogP contribution in [-0.4, -0.2) is 30.7 Å². The molecule has 0 radical (unpaired) electrons. The third-order valence-corrected chi connectivity index (χ3v) is 4.34. The average Bonchev–Trinajstić information content (AvgIpc) is 3.05. The van der Waals surface area contributed by atoms with E-state index in [0.717, 1.165) is 28.8 Å². The van der Waals surface area contributed by atoms with Gasteiger partial charge in [0.05, 0.1) is 6.54 Å². The molecule has 0 spiro atoms. The van der Waals surface area contributed by atoms with Gasteiger partial charge in [0.1, 0.15) is 12.4 Å². The normalized spacial score (nSPS) is 10.7. The van der Waals surface area contributed by atoms with E-state index in [4.69, 9.17) is 4.74 Å². The molecule has 3 rings (SSSR count). The van der Waals surface area contributed by atoms with Crippen molar-refractivity contribution >= 4 is 16.9 Å². The maximum absolute atomic E-state index is 11.9. The summed E-state index contributed by atoms with van der Waals surface area (Å²) in [6, 6.07) is 14.1. The van der Waals surface area contributed by atoms with Crippen molar-refractivity contribution in [2.75, 3.05) is 19.7 Å². The Morgan fingerprint density at radius 3 is 2.77 bits per heavy atom. The highest BCUT2D eigenvalue weighted by atomic mass is 16.5. The molecular weight excluding hydrogens is 326 g/mol. The van der Waals surface area contributed by atoms with E-state index in [2.05, 4.69) is 33.8 Å². The van der Waals surface area contributed by atoms with Gasteiger partial charge in [-0.15, -0.1) is 0 Å². The summed E-state index contributed by atoms with van der Waals surface area (Å²) < 4.78 is 5.73. The van der Waals surface area contributed by atoms with Crippen LogP contribution >= 0.6 is 0 Å². The molecule has 5 nitrogen and oxygen atoms in total. The SMILES string of the molecule is Cc1ccc(C)c(OCCNC(=O)NCCc2c[nH]c3ccccc23)c1. The monoisotopic (exact) mass is 351 g/mol. The van der Waals surface area contributed by atoms with Crippen LogP contribution in [0.1, 0.15) is 16.7 Å². The Kier molecular flexibility index (Phi) is 5.79. The number of hydrogen-bond donors (Lipinski definition) is 3. The molecule has 26 heavy (non-hydrogen) atoms. The molecule has 0 saturated heterocycles. The number of rotatable bonds is 7. The van der Waals surface area contributed by atoms with Crippen LogP contribution in [-0.2, 0) is 6.42 Å². The summed E-state index contributed by atoms with van der Waals surface area (Å²) in [7, 11) is 0. The Morgan fingerprint density at radius 2 is 1.88 bits per heavy atom. The van der Waals surface area contributed by atoms with Crippen molar-refractivity contribution in [3.8, 4) is 5.75 Å². The number of aryl methyl sites for hydroxylation is 2. The van der Waals surface area contributed by atoms with Gasteiger partial charge in [-0.25, -0.2) is 4.79 Å². The Balaban J connectivity index is 1.36. The molecular formula is C21H25N3O2. The summed E-state index contributed by atoms with van der Waals surface area (Å²) in [6.07, 6.45) is 2.79. The van der Waals surface area contributed by atoms with Gasteiger partial charge < -0.3 is 20.4 Å². The second-order valence-corrected chi connectivity index (χ2v) is 6.41. The third-order valence-electron chi connectivity index (χ3n) is 4.34. The van der Waals surface area contributed by atoms with Crippen LogP contribution in [0.15, 0.2) is 48.7 Å². The lowest BCUT2D eigenvalue weighted by Gasteiger charge is -2.11. The third kappa shape index (κ3) is 4.57. The highest BCUT2D eigenvalue weighted by molar-refractivity contribution is 5.83. The fraction of sp³-hybridized carbons (Fsp3) is 0.286. The number of nitrogens with one attached hydrogen (secondary N) is 3. The molecule has 136 valence electrons. The molecule has 1 aromatic heterocycles. The molecule has 0 bridgehead atoms. The fourth-order valence-electron chi connectivity index (χ4n) is 2.90. The Morgan fingerprint density at radius 1 is 1.08 bits per heavy atom. The van der Waals surface area contributed by atoms with E-state index in [0.29, 0.717) is 19.7 Å². The maximum atomic E-state index is 11.9. The molecule has 0 aliphatic carbocycles. The topological polar surface area (TPSA) is 66.2 Å². The van der Waals surface area contributed by atoms with Crippen molar-refractivity contribution in [3.05, 3.63) is 65.4 Å². The van der Waals surface area contributed by atoms with E-state index in [-0.39, 0.29) is 6.03 Å². The lowest BCUT2D eigenvalue weighted by molar-refractivity contribution is 0.236. The van der Waals surface area contributed by atoms with Crippen molar-refractivity contribution in [3.63, 3.8) is 0 Å². The zero-order valence-electron chi connectivity index (χ0n) is 15.3. The van der Waals surface area contributed by atoms with Gasteiger partial charge in [0, 0.05) is 23.6 Å². The van der Waals surface area contributed by atoms with E-state index < -0.39 is 0 Å². The number of aromatic nitrogens is 1. The zero-order valence-corrected chi connectivity index (χ0v) is 15.3. The van der Waals surface area contributed by atoms with E-state index in [1.807, 2.05) is 44.3 Å². The first-order chi connectivity index (χ1) is 12.6. The van der Waals surface area contributed by atoms with Crippen LogP contribution in [0.25, 0.3) is 10.9 Å². The van der Waals surface area contributed by atoms with Crippen LogP contribution in [0.3, 0.4) is 0 Å². The number of para-hydroxylation sites is 1. The van der Waals surface area contributed by atoms with Crippen molar-refractivity contribution in [1.29, 1.82) is 0 Å². The number of aromatic amines is 1. The summed E-state index contributed by atoms with van der Waals surface area (Å²) >= 11 is 0. The van der Waals surface area contributed by atoms with E-state index in [1.54, 1.807) is 0 Å². The number of fused-ring (bicyclic) bond motifs is 1. The molecule has 2 aromatic carbocycles. The van der Waals surface area contributed by atoms with Crippen molar-refractivity contribution in [2.45, 2.75) is 20.3 Å². The smallest absolute Gasteiger partial charge is 0.314 e. The van der Waals surface area contributed by atoms with Crippen LogP contribution in [0.2, 0.25) is 0 Å². The van der Waals surface area contributed by atoms with E-state index in [1.165, 1.54) is 10.9 Å². The van der Waals surface area contributed by atoms with Gasteiger partial charge in [-0.3, -0.25) is 0 Å². The summed E-state index contributed by atoms with van der Waals surface area (Å²) in [4.78, 5) is 15.1. The first kappa shape index (κ1) is 17.9. The average molecular weight is 351 g/mol. The molecule has 0 unspecified atom stereocenters. The Labute approximate surface area is 153 Å². The zero-order chi connectivity index (χ0) is 18.4. The van der Waals surface area contributed by atoms with Gasteiger partial charge in [-0.05, 0) is 49.1 Å². The number of amides is 2. The van der Waals surface area contributed by atoms with Gasteiger partial charge in [0.2, 0.25) is 0 Å². The van der Waals surface area contributed by atoms with Gasteiger partial charge in [0.15, 0.2) is 0 Å². The fourth-order valence-corrected chi connectivity index (χ4v) is 2.90. The quantitative estimate of drug-likeness (QED) is 0.568. The van der Waals surface area contributed by atoms with Gasteiger partial charge in [0.25, 0.3) is 0 Å². The number of hydrogen-bond acceptors (Lipinski definition) is 2. The first-order valence-electron chi connectivity index (χ1n) is 8.90. The second kappa shape index (κ2) is 8.43. The molecule has 0 aliphatic rings. The first-order valence-corrected chi connectivity index (χ1v) is 8.90. The number of benzene rings is 2. The predicted molar refractivity (Wildman–Crippen MR) is 105 cm³/mol. The standard InChI is InChI=1S/C21H25N3O2/c1-15-7-8-16(2)20(13-15)26-12-11-23-21(25)22-10-9-17-14-24-19-6-4-3-5-18(17)19/h3-8,13-14,24H,9-12H2,1-2H3,(H2,22,23,25).